The van der Waals surface area contributed by atoms with E-state index in [1.165, 1.54) is 5.56 Å². The van der Waals surface area contributed by atoms with E-state index in [1.807, 2.05) is 48.2 Å². The highest BCUT2D eigenvalue weighted by Crippen LogP contribution is 2.19. The lowest BCUT2D eigenvalue weighted by Gasteiger charge is -2.40. The summed E-state index contributed by atoms with van der Waals surface area (Å²) in [4.78, 5) is 2.20. The second kappa shape index (κ2) is 9.70. The fraction of sp³-hybridized carbons (Fsp3) is 0.619. The van der Waals surface area contributed by atoms with Gasteiger partial charge in [0.05, 0.1) is 25.4 Å². The Bertz CT molecular complexity index is 1070. The molecule has 2 aromatic rings. The van der Waals surface area contributed by atoms with Crippen LogP contribution >= 0.6 is 12.2 Å². The number of hydrogen-bond donors (Lipinski definition) is 0. The standard InChI is InChI=1S/C21H32N6O3S2/c1-17-13-25(14-18(2)30-17)32(28,29)24-11-9-23(10-12-24)16-27-21(31)26(19(3)22-27)15-20-7-5-4-6-8-20/h4-8,17-18H,9-16H2,1-3H3. The van der Waals surface area contributed by atoms with Gasteiger partial charge in [-0.25, -0.2) is 4.68 Å². The average molecular weight is 481 g/mol. The average Bonchev–Trinajstić information content (AvgIpc) is 3.01. The van der Waals surface area contributed by atoms with E-state index in [2.05, 4.69) is 22.1 Å². The van der Waals surface area contributed by atoms with E-state index in [1.54, 1.807) is 8.61 Å². The third kappa shape index (κ3) is 5.13. The Morgan fingerprint density at radius 2 is 1.66 bits per heavy atom. The Kier molecular flexibility index (Phi) is 7.13. The number of morpholine rings is 1. The smallest absolute Gasteiger partial charge is 0.282 e. The SMILES string of the molecule is Cc1nn(CN2CCN(S(=O)(=O)N3CC(C)OC(C)C3)CC2)c(=S)n1Cc1ccccc1. The highest BCUT2D eigenvalue weighted by atomic mass is 32.2. The molecule has 2 fully saturated rings. The fourth-order valence-electron chi connectivity index (χ4n) is 4.36. The predicted molar refractivity (Wildman–Crippen MR) is 125 cm³/mol. The van der Waals surface area contributed by atoms with Gasteiger partial charge in [0.25, 0.3) is 10.2 Å². The molecule has 0 N–H and O–H groups in total. The quantitative estimate of drug-likeness (QED) is 0.586. The Morgan fingerprint density at radius 1 is 1.03 bits per heavy atom. The second-order valence-electron chi connectivity index (χ2n) is 8.64. The van der Waals surface area contributed by atoms with E-state index in [-0.39, 0.29) is 12.2 Å². The highest BCUT2D eigenvalue weighted by molar-refractivity contribution is 7.86. The molecule has 11 heteroatoms. The summed E-state index contributed by atoms with van der Waals surface area (Å²) >= 11 is 5.68. The fourth-order valence-corrected chi connectivity index (χ4v) is 6.41. The molecule has 2 aliphatic heterocycles. The summed E-state index contributed by atoms with van der Waals surface area (Å²) in [6.45, 7) is 10.0. The van der Waals surface area contributed by atoms with E-state index < -0.39 is 10.2 Å². The van der Waals surface area contributed by atoms with Gasteiger partial charge in [-0.3, -0.25) is 9.47 Å². The molecule has 176 valence electrons. The molecule has 4 rings (SSSR count). The number of nitrogens with zero attached hydrogens (tertiary/aromatic N) is 6. The summed E-state index contributed by atoms with van der Waals surface area (Å²) in [6, 6.07) is 10.2. The van der Waals surface area contributed by atoms with Crippen molar-refractivity contribution in [3.05, 3.63) is 46.5 Å². The van der Waals surface area contributed by atoms with Crippen LogP contribution in [0.1, 0.15) is 25.2 Å². The predicted octanol–water partition coefficient (Wildman–Crippen LogP) is 1.70. The van der Waals surface area contributed by atoms with Crippen molar-refractivity contribution in [1.82, 2.24) is 27.9 Å². The lowest BCUT2D eigenvalue weighted by molar-refractivity contribution is -0.0458. The molecule has 0 radical (unpaired) electrons. The number of benzene rings is 1. The maximum atomic E-state index is 13.1. The first kappa shape index (κ1) is 23.5. The van der Waals surface area contributed by atoms with Gasteiger partial charge < -0.3 is 4.74 Å². The summed E-state index contributed by atoms with van der Waals surface area (Å²) < 4.78 is 39.6. The molecule has 0 aliphatic carbocycles. The Labute approximate surface area is 195 Å². The molecule has 3 heterocycles. The molecule has 0 spiro atoms. The van der Waals surface area contributed by atoms with Crippen molar-refractivity contribution < 1.29 is 13.2 Å². The van der Waals surface area contributed by atoms with Gasteiger partial charge >= 0.3 is 0 Å². The molecule has 2 saturated heterocycles. The summed E-state index contributed by atoms with van der Waals surface area (Å²) in [5, 5.41) is 4.64. The third-order valence-electron chi connectivity index (χ3n) is 6.00. The molecule has 32 heavy (non-hydrogen) atoms. The van der Waals surface area contributed by atoms with Crippen LogP contribution in [0.4, 0.5) is 0 Å². The molecular weight excluding hydrogens is 448 g/mol. The first-order chi connectivity index (χ1) is 15.2. The molecule has 0 bridgehead atoms. The molecule has 0 saturated carbocycles. The largest absolute Gasteiger partial charge is 0.373 e. The zero-order valence-corrected chi connectivity index (χ0v) is 20.6. The van der Waals surface area contributed by atoms with Crippen molar-refractivity contribution in [3.63, 3.8) is 0 Å². The Morgan fingerprint density at radius 3 is 2.28 bits per heavy atom. The van der Waals surface area contributed by atoms with Gasteiger partial charge in [-0.1, -0.05) is 30.3 Å². The van der Waals surface area contributed by atoms with Crippen molar-refractivity contribution in [1.29, 1.82) is 0 Å². The zero-order chi connectivity index (χ0) is 22.9. The van der Waals surface area contributed by atoms with E-state index in [4.69, 9.17) is 17.0 Å². The number of rotatable bonds is 6. The maximum Gasteiger partial charge on any atom is 0.282 e. The summed E-state index contributed by atoms with van der Waals surface area (Å²) in [5.74, 6) is 0.871. The second-order valence-corrected chi connectivity index (χ2v) is 10.9. The van der Waals surface area contributed by atoms with Crippen molar-refractivity contribution in [2.45, 2.75) is 46.2 Å². The molecule has 9 nitrogen and oxygen atoms in total. The van der Waals surface area contributed by atoms with Gasteiger partial charge in [-0.05, 0) is 38.6 Å². The van der Waals surface area contributed by atoms with E-state index in [0.29, 0.717) is 57.3 Å². The van der Waals surface area contributed by atoms with Gasteiger partial charge in [0.2, 0.25) is 0 Å². The zero-order valence-electron chi connectivity index (χ0n) is 18.9. The molecule has 2 atom stereocenters. The Hall–Kier alpha value is -1.63. The summed E-state index contributed by atoms with van der Waals surface area (Å²) in [7, 11) is -3.48. The molecular formula is C21H32N6O3S2. The first-order valence-corrected chi connectivity index (χ1v) is 12.9. The topological polar surface area (TPSA) is 75.8 Å². The van der Waals surface area contributed by atoms with Crippen LogP contribution in [-0.4, -0.2) is 87.8 Å². The van der Waals surface area contributed by atoms with Crippen LogP contribution in [0.5, 0.6) is 0 Å². The van der Waals surface area contributed by atoms with Crippen LogP contribution in [-0.2, 0) is 28.2 Å². The number of ether oxygens (including phenoxy) is 1. The van der Waals surface area contributed by atoms with Crippen LogP contribution in [0, 0.1) is 11.7 Å². The minimum absolute atomic E-state index is 0.0917. The molecule has 2 aliphatic rings. The lowest BCUT2D eigenvalue weighted by Crippen LogP contribution is -2.57. The maximum absolute atomic E-state index is 13.1. The van der Waals surface area contributed by atoms with Crippen LogP contribution in [0.15, 0.2) is 30.3 Å². The van der Waals surface area contributed by atoms with Gasteiger partial charge in [0, 0.05) is 39.3 Å². The van der Waals surface area contributed by atoms with Crippen LogP contribution in [0.25, 0.3) is 0 Å². The third-order valence-corrected chi connectivity index (χ3v) is 8.39. The van der Waals surface area contributed by atoms with E-state index in [9.17, 15) is 8.42 Å². The minimum atomic E-state index is -3.48. The molecule has 1 aromatic heterocycles. The number of aryl methyl sites for hydroxylation is 1. The number of hydrogen-bond acceptors (Lipinski definition) is 6. The minimum Gasteiger partial charge on any atom is -0.373 e. The monoisotopic (exact) mass is 480 g/mol. The van der Waals surface area contributed by atoms with Crippen molar-refractivity contribution in [3.8, 4) is 0 Å². The summed E-state index contributed by atoms with van der Waals surface area (Å²) in [6.07, 6.45) is -0.183. The van der Waals surface area contributed by atoms with Crippen molar-refractivity contribution >= 4 is 22.4 Å². The van der Waals surface area contributed by atoms with Gasteiger partial charge in [0.15, 0.2) is 4.77 Å². The molecule has 2 unspecified atom stereocenters. The van der Waals surface area contributed by atoms with Crippen molar-refractivity contribution in [2.24, 2.45) is 0 Å². The van der Waals surface area contributed by atoms with Crippen LogP contribution < -0.4 is 0 Å². The van der Waals surface area contributed by atoms with Crippen molar-refractivity contribution in [2.75, 3.05) is 39.3 Å². The normalized spacial score (nSPS) is 24.1. The lowest BCUT2D eigenvalue weighted by atomic mass is 10.2. The molecule has 0 amide bonds. The van der Waals surface area contributed by atoms with E-state index >= 15 is 0 Å². The number of aromatic nitrogens is 3. The Balaban J connectivity index is 1.37. The van der Waals surface area contributed by atoms with E-state index in [0.717, 1.165) is 5.82 Å². The first-order valence-electron chi connectivity index (χ1n) is 11.0. The highest BCUT2D eigenvalue weighted by Gasteiger charge is 2.36. The molecule has 1 aromatic carbocycles. The van der Waals surface area contributed by atoms with Gasteiger partial charge in [0.1, 0.15) is 5.82 Å². The van der Waals surface area contributed by atoms with Crippen LogP contribution in [0.3, 0.4) is 0 Å². The van der Waals surface area contributed by atoms with Gasteiger partial charge in [-0.15, -0.1) is 0 Å². The number of piperazine rings is 1. The van der Waals surface area contributed by atoms with Gasteiger partial charge in [-0.2, -0.15) is 22.1 Å². The van der Waals surface area contributed by atoms with Crippen LogP contribution in [0.2, 0.25) is 0 Å². The summed E-state index contributed by atoms with van der Waals surface area (Å²) in [5.41, 5.74) is 1.18.